The minimum atomic E-state index is -0.621. The van der Waals surface area contributed by atoms with Crippen molar-refractivity contribution in [2.24, 2.45) is 0 Å². The number of nitrogens with zero attached hydrogens (tertiary/aromatic N) is 1. The van der Waals surface area contributed by atoms with Crippen molar-refractivity contribution in [3.05, 3.63) is 40.9 Å². The number of halogens is 2. The van der Waals surface area contributed by atoms with Crippen LogP contribution in [0.2, 0.25) is 5.02 Å². The number of aromatic nitrogens is 2. The third kappa shape index (κ3) is 2.36. The number of H-pyrrole nitrogens is 1. The van der Waals surface area contributed by atoms with Gasteiger partial charge in [0.1, 0.15) is 11.5 Å². The van der Waals surface area contributed by atoms with Gasteiger partial charge in [-0.25, -0.2) is 4.39 Å². The smallest absolute Gasteiger partial charge is 0.275 e. The van der Waals surface area contributed by atoms with Crippen molar-refractivity contribution < 1.29 is 9.18 Å². The van der Waals surface area contributed by atoms with Gasteiger partial charge in [0, 0.05) is 5.02 Å². The number of aromatic amines is 1. The van der Waals surface area contributed by atoms with Crippen molar-refractivity contribution in [2.45, 2.75) is 0 Å². The summed E-state index contributed by atoms with van der Waals surface area (Å²) in [5.41, 5.74) is 5.78. The van der Waals surface area contributed by atoms with Crippen molar-refractivity contribution in [1.82, 2.24) is 10.2 Å². The molecule has 0 spiro atoms. The van der Waals surface area contributed by atoms with E-state index in [0.29, 0.717) is 0 Å². The zero-order valence-corrected chi connectivity index (χ0v) is 9.25. The zero-order chi connectivity index (χ0) is 12.4. The number of amides is 1. The van der Waals surface area contributed by atoms with Crippen molar-refractivity contribution in [3.63, 3.8) is 0 Å². The van der Waals surface area contributed by atoms with Crippen LogP contribution >= 0.6 is 11.6 Å². The predicted octanol–water partition coefficient (Wildman–Crippen LogP) is 2.04. The number of nitrogens with one attached hydrogen (secondary N) is 2. The lowest BCUT2D eigenvalue weighted by molar-refractivity contribution is 0.102. The first-order valence-corrected chi connectivity index (χ1v) is 5.01. The average Bonchev–Trinajstić information content (AvgIpc) is 2.68. The lowest BCUT2D eigenvalue weighted by Crippen LogP contribution is -2.15. The van der Waals surface area contributed by atoms with Crippen LogP contribution in [0.5, 0.6) is 0 Å². The van der Waals surface area contributed by atoms with Crippen molar-refractivity contribution in [1.29, 1.82) is 0 Å². The Balaban J connectivity index is 2.22. The standard InChI is InChI=1S/C10H8ClFN4O/c11-5-1-2-8(6(12)3-5)15-10(17)9-7(13)4-14-16-9/h1-4H,13H2,(H,14,16)(H,15,17). The highest BCUT2D eigenvalue weighted by Crippen LogP contribution is 2.20. The van der Waals surface area contributed by atoms with E-state index < -0.39 is 11.7 Å². The van der Waals surface area contributed by atoms with E-state index in [0.717, 1.165) is 6.07 Å². The van der Waals surface area contributed by atoms with E-state index in [1.807, 2.05) is 0 Å². The third-order valence-electron chi connectivity index (χ3n) is 2.08. The second-order valence-corrected chi connectivity index (χ2v) is 3.72. The Morgan fingerprint density at radius 2 is 2.29 bits per heavy atom. The van der Waals surface area contributed by atoms with Gasteiger partial charge < -0.3 is 11.1 Å². The molecule has 0 aliphatic heterocycles. The molecular formula is C10H8ClFN4O. The van der Waals surface area contributed by atoms with Crippen LogP contribution in [0.3, 0.4) is 0 Å². The van der Waals surface area contributed by atoms with Crippen LogP contribution in [0, 0.1) is 5.82 Å². The summed E-state index contributed by atoms with van der Waals surface area (Å²) in [4.78, 5) is 11.7. The van der Waals surface area contributed by atoms with Gasteiger partial charge >= 0.3 is 0 Å². The molecule has 0 radical (unpaired) electrons. The summed E-state index contributed by atoms with van der Waals surface area (Å²) in [6.45, 7) is 0. The molecule has 2 aromatic rings. The van der Waals surface area contributed by atoms with Gasteiger partial charge in [-0.15, -0.1) is 0 Å². The first-order valence-electron chi connectivity index (χ1n) is 4.63. The number of carbonyl (C=O) groups excluding carboxylic acids is 1. The highest BCUT2D eigenvalue weighted by atomic mass is 35.5. The molecule has 17 heavy (non-hydrogen) atoms. The summed E-state index contributed by atoms with van der Waals surface area (Å²) in [6, 6.07) is 3.94. The topological polar surface area (TPSA) is 83.8 Å². The average molecular weight is 255 g/mol. The summed E-state index contributed by atoms with van der Waals surface area (Å²) in [7, 11) is 0. The molecule has 0 unspecified atom stereocenters. The molecule has 1 amide bonds. The Kier molecular flexibility index (Phi) is 2.97. The number of benzene rings is 1. The molecule has 2 rings (SSSR count). The van der Waals surface area contributed by atoms with E-state index in [4.69, 9.17) is 17.3 Å². The minimum Gasteiger partial charge on any atom is -0.396 e. The maximum Gasteiger partial charge on any atom is 0.275 e. The fourth-order valence-electron chi connectivity index (χ4n) is 1.25. The van der Waals surface area contributed by atoms with Crippen molar-refractivity contribution >= 4 is 28.9 Å². The molecule has 1 aromatic heterocycles. The number of hydrogen-bond donors (Lipinski definition) is 3. The number of hydrogen-bond acceptors (Lipinski definition) is 3. The quantitative estimate of drug-likeness (QED) is 0.767. The molecule has 0 bridgehead atoms. The van der Waals surface area contributed by atoms with Gasteiger partial charge in [0.2, 0.25) is 0 Å². The summed E-state index contributed by atoms with van der Waals surface area (Å²) < 4.78 is 13.4. The Morgan fingerprint density at radius 1 is 1.53 bits per heavy atom. The summed E-state index contributed by atoms with van der Waals surface area (Å²) in [5, 5.41) is 8.62. The first-order chi connectivity index (χ1) is 8.08. The molecular weight excluding hydrogens is 247 g/mol. The van der Waals surface area contributed by atoms with Gasteiger partial charge in [-0.05, 0) is 18.2 Å². The normalized spacial score (nSPS) is 10.2. The number of nitrogen functional groups attached to an aromatic ring is 1. The highest BCUT2D eigenvalue weighted by Gasteiger charge is 2.13. The van der Waals surface area contributed by atoms with Crippen molar-refractivity contribution in [2.75, 3.05) is 11.1 Å². The molecule has 5 nitrogen and oxygen atoms in total. The monoisotopic (exact) mass is 254 g/mol. The molecule has 0 aliphatic carbocycles. The first kappa shape index (κ1) is 11.4. The molecule has 0 saturated heterocycles. The number of carbonyl (C=O) groups is 1. The van der Waals surface area contributed by atoms with E-state index >= 15 is 0 Å². The fourth-order valence-corrected chi connectivity index (χ4v) is 1.41. The second kappa shape index (κ2) is 4.42. The van der Waals surface area contributed by atoms with Gasteiger partial charge in [0.15, 0.2) is 0 Å². The van der Waals surface area contributed by atoms with E-state index in [2.05, 4.69) is 15.5 Å². The van der Waals surface area contributed by atoms with Gasteiger partial charge in [-0.3, -0.25) is 9.89 Å². The number of nitrogens with two attached hydrogens (primary N) is 1. The molecule has 0 atom stereocenters. The zero-order valence-electron chi connectivity index (χ0n) is 8.50. The summed E-state index contributed by atoms with van der Waals surface area (Å²) in [6.07, 6.45) is 1.30. The van der Waals surface area contributed by atoms with Gasteiger partial charge in [-0.1, -0.05) is 11.6 Å². The maximum absolute atomic E-state index is 13.4. The van der Waals surface area contributed by atoms with Crippen LogP contribution in [-0.4, -0.2) is 16.1 Å². The van der Waals surface area contributed by atoms with E-state index in [1.165, 1.54) is 18.3 Å². The number of anilines is 2. The van der Waals surface area contributed by atoms with Crippen LogP contribution in [-0.2, 0) is 0 Å². The Labute approximate surface area is 101 Å². The Bertz CT molecular complexity index is 569. The van der Waals surface area contributed by atoms with Gasteiger partial charge in [0.25, 0.3) is 5.91 Å². The summed E-state index contributed by atoms with van der Waals surface area (Å²) >= 11 is 5.59. The number of rotatable bonds is 2. The lowest BCUT2D eigenvalue weighted by Gasteiger charge is -2.05. The van der Waals surface area contributed by atoms with Crippen LogP contribution in [0.25, 0.3) is 0 Å². The van der Waals surface area contributed by atoms with Crippen LogP contribution in [0.1, 0.15) is 10.5 Å². The maximum atomic E-state index is 13.4. The molecule has 0 fully saturated rings. The predicted molar refractivity (Wildman–Crippen MR) is 62.4 cm³/mol. The molecule has 0 aliphatic rings. The fraction of sp³-hybridized carbons (Fsp3) is 0. The molecule has 1 aromatic carbocycles. The van der Waals surface area contributed by atoms with Gasteiger partial charge in [0.05, 0.1) is 17.6 Å². The van der Waals surface area contributed by atoms with Crippen molar-refractivity contribution in [3.8, 4) is 0 Å². The van der Waals surface area contributed by atoms with E-state index in [-0.39, 0.29) is 22.1 Å². The molecule has 4 N–H and O–H groups in total. The molecule has 1 heterocycles. The summed E-state index contributed by atoms with van der Waals surface area (Å²) in [5.74, 6) is -1.19. The van der Waals surface area contributed by atoms with Crippen LogP contribution in [0.15, 0.2) is 24.4 Å². The highest BCUT2D eigenvalue weighted by molar-refractivity contribution is 6.30. The molecule has 88 valence electrons. The largest absolute Gasteiger partial charge is 0.396 e. The van der Waals surface area contributed by atoms with Crippen LogP contribution in [0.4, 0.5) is 15.8 Å². The molecule has 7 heteroatoms. The van der Waals surface area contributed by atoms with E-state index in [1.54, 1.807) is 0 Å². The lowest BCUT2D eigenvalue weighted by atomic mass is 10.3. The molecule has 0 saturated carbocycles. The minimum absolute atomic E-state index is 0.0217. The Hall–Kier alpha value is -2.08. The Morgan fingerprint density at radius 3 is 2.88 bits per heavy atom. The van der Waals surface area contributed by atoms with Crippen LogP contribution < -0.4 is 11.1 Å². The second-order valence-electron chi connectivity index (χ2n) is 3.28. The van der Waals surface area contributed by atoms with Gasteiger partial charge in [-0.2, -0.15) is 5.10 Å². The third-order valence-corrected chi connectivity index (χ3v) is 2.31. The van der Waals surface area contributed by atoms with E-state index in [9.17, 15) is 9.18 Å². The SMILES string of the molecule is Nc1cn[nH]c1C(=O)Nc1ccc(Cl)cc1F.